The lowest BCUT2D eigenvalue weighted by molar-refractivity contribution is -0.128. The second-order valence-electron chi connectivity index (χ2n) is 4.54. The van der Waals surface area contributed by atoms with Crippen LogP contribution in [0.1, 0.15) is 12.8 Å². The van der Waals surface area contributed by atoms with Gasteiger partial charge in [-0.25, -0.2) is 9.67 Å². The first-order valence-electron chi connectivity index (χ1n) is 5.99. The Hall–Kier alpha value is -1.88. The highest BCUT2D eigenvalue weighted by molar-refractivity contribution is 6.32. The van der Waals surface area contributed by atoms with Crippen LogP contribution < -0.4 is 4.74 Å². The van der Waals surface area contributed by atoms with Crippen molar-refractivity contribution in [1.29, 1.82) is 0 Å². The van der Waals surface area contributed by atoms with Crippen molar-refractivity contribution in [2.45, 2.75) is 25.0 Å². The van der Waals surface area contributed by atoms with Gasteiger partial charge < -0.3 is 4.74 Å². The van der Waals surface area contributed by atoms with Gasteiger partial charge in [0.15, 0.2) is 11.4 Å². The lowest BCUT2D eigenvalue weighted by atomic mass is 10.2. The first-order chi connectivity index (χ1) is 9.20. The van der Waals surface area contributed by atoms with E-state index in [-0.39, 0.29) is 12.3 Å². The number of nitrogens with zero attached hydrogens (tertiary/aromatic N) is 3. The van der Waals surface area contributed by atoms with Gasteiger partial charge in [0.1, 0.15) is 24.9 Å². The van der Waals surface area contributed by atoms with Gasteiger partial charge in [-0.15, -0.1) is 0 Å². The van der Waals surface area contributed by atoms with E-state index in [2.05, 4.69) is 10.1 Å². The molecule has 19 heavy (non-hydrogen) atoms. The predicted octanol–water partition coefficient (Wildman–Crippen LogP) is 2.11. The zero-order valence-corrected chi connectivity index (χ0v) is 10.9. The third kappa shape index (κ3) is 2.46. The topological polar surface area (TPSA) is 57.0 Å². The number of hydrogen-bond donors (Lipinski definition) is 0. The molecule has 1 aromatic carbocycles. The van der Waals surface area contributed by atoms with E-state index in [0.29, 0.717) is 23.6 Å². The lowest BCUT2D eigenvalue weighted by Gasteiger charge is -2.17. The van der Waals surface area contributed by atoms with Crippen LogP contribution in [0.25, 0.3) is 0 Å². The zero-order chi connectivity index (χ0) is 13.3. The van der Waals surface area contributed by atoms with Crippen LogP contribution in [0.4, 0.5) is 0 Å². The average molecular weight is 278 g/mol. The number of benzene rings is 1. The van der Waals surface area contributed by atoms with Crippen molar-refractivity contribution in [2.75, 3.05) is 0 Å². The standard InChI is InChI=1S/C13H12ClN3O2/c14-10-3-1-2-4-11(10)19-13(5-6-13)12(18)7-17-9-15-8-16-17/h1-4,8-9H,5-7H2. The summed E-state index contributed by atoms with van der Waals surface area (Å²) in [6.45, 7) is 0.171. The maximum atomic E-state index is 12.3. The molecule has 1 saturated carbocycles. The van der Waals surface area contributed by atoms with Crippen LogP contribution in [0.3, 0.4) is 0 Å². The fraction of sp³-hybridized carbons (Fsp3) is 0.308. The van der Waals surface area contributed by atoms with Crippen molar-refractivity contribution in [1.82, 2.24) is 14.8 Å². The van der Waals surface area contributed by atoms with Crippen LogP contribution in [-0.4, -0.2) is 26.1 Å². The number of Topliss-reactive ketones (excluding diaryl/α,β-unsaturated/α-hetero) is 1. The minimum absolute atomic E-state index is 0.00193. The molecule has 0 aliphatic heterocycles. The molecular weight excluding hydrogens is 266 g/mol. The molecule has 1 fully saturated rings. The van der Waals surface area contributed by atoms with E-state index in [1.165, 1.54) is 17.3 Å². The summed E-state index contributed by atoms with van der Waals surface area (Å²) >= 11 is 6.04. The van der Waals surface area contributed by atoms with E-state index >= 15 is 0 Å². The Labute approximate surface area is 115 Å². The molecule has 1 aromatic heterocycles. The first-order valence-corrected chi connectivity index (χ1v) is 6.37. The largest absolute Gasteiger partial charge is 0.478 e. The summed E-state index contributed by atoms with van der Waals surface area (Å²) in [4.78, 5) is 16.1. The first kappa shape index (κ1) is 12.2. The molecule has 3 rings (SSSR count). The van der Waals surface area contributed by atoms with E-state index < -0.39 is 5.60 Å². The van der Waals surface area contributed by atoms with Crippen molar-refractivity contribution in [2.24, 2.45) is 0 Å². The van der Waals surface area contributed by atoms with E-state index in [1.807, 2.05) is 12.1 Å². The van der Waals surface area contributed by atoms with Crippen LogP contribution in [0, 0.1) is 0 Å². The molecule has 0 radical (unpaired) electrons. The smallest absolute Gasteiger partial charge is 0.197 e. The van der Waals surface area contributed by atoms with Gasteiger partial charge in [0.2, 0.25) is 0 Å². The van der Waals surface area contributed by atoms with Crippen molar-refractivity contribution >= 4 is 17.4 Å². The molecule has 1 heterocycles. The molecule has 0 N–H and O–H groups in total. The van der Waals surface area contributed by atoms with E-state index in [0.717, 1.165) is 0 Å². The number of halogens is 1. The number of ketones is 1. The highest BCUT2D eigenvalue weighted by Crippen LogP contribution is 2.43. The third-order valence-electron chi connectivity index (χ3n) is 3.13. The minimum Gasteiger partial charge on any atom is -0.478 e. The molecule has 0 saturated heterocycles. The molecule has 0 amide bonds. The number of para-hydroxylation sites is 1. The number of rotatable bonds is 5. The Morgan fingerprint density at radius 3 is 2.84 bits per heavy atom. The second kappa shape index (κ2) is 4.66. The Bertz CT molecular complexity index is 594. The number of carbonyl (C=O) groups excluding carboxylic acids is 1. The lowest BCUT2D eigenvalue weighted by Crippen LogP contribution is -2.33. The Kier molecular flexibility index (Phi) is 2.98. The number of hydrogen-bond acceptors (Lipinski definition) is 4. The monoisotopic (exact) mass is 277 g/mol. The Balaban J connectivity index is 1.73. The number of aromatic nitrogens is 3. The van der Waals surface area contributed by atoms with Crippen molar-refractivity contribution in [3.8, 4) is 5.75 Å². The molecule has 0 bridgehead atoms. The van der Waals surface area contributed by atoms with Gasteiger partial charge in [-0.05, 0) is 25.0 Å². The summed E-state index contributed by atoms with van der Waals surface area (Å²) in [6, 6.07) is 7.17. The van der Waals surface area contributed by atoms with Crippen molar-refractivity contribution in [3.63, 3.8) is 0 Å². The minimum atomic E-state index is -0.739. The molecular formula is C13H12ClN3O2. The Morgan fingerprint density at radius 1 is 1.42 bits per heavy atom. The van der Waals surface area contributed by atoms with E-state index in [1.54, 1.807) is 12.1 Å². The van der Waals surface area contributed by atoms with Gasteiger partial charge in [0, 0.05) is 0 Å². The van der Waals surface area contributed by atoms with Crippen molar-refractivity contribution in [3.05, 3.63) is 41.9 Å². The van der Waals surface area contributed by atoms with Crippen LogP contribution in [0.5, 0.6) is 5.75 Å². The summed E-state index contributed by atoms with van der Waals surface area (Å²) in [5, 5.41) is 4.44. The van der Waals surface area contributed by atoms with Gasteiger partial charge in [0.25, 0.3) is 0 Å². The highest BCUT2D eigenvalue weighted by Gasteiger charge is 2.52. The molecule has 1 aliphatic rings. The second-order valence-corrected chi connectivity index (χ2v) is 4.95. The van der Waals surface area contributed by atoms with Crippen LogP contribution in [0.15, 0.2) is 36.9 Å². The van der Waals surface area contributed by atoms with Gasteiger partial charge in [-0.1, -0.05) is 23.7 Å². The van der Waals surface area contributed by atoms with Gasteiger partial charge in [-0.3, -0.25) is 4.79 Å². The summed E-state index contributed by atoms with van der Waals surface area (Å²) in [5.74, 6) is 0.548. The van der Waals surface area contributed by atoms with Gasteiger partial charge in [0.05, 0.1) is 5.02 Å². The molecule has 5 nitrogen and oxygen atoms in total. The normalized spacial score (nSPS) is 16.1. The third-order valence-corrected chi connectivity index (χ3v) is 3.44. The van der Waals surface area contributed by atoms with Crippen LogP contribution in [-0.2, 0) is 11.3 Å². The van der Waals surface area contributed by atoms with Gasteiger partial charge >= 0.3 is 0 Å². The summed E-state index contributed by atoms with van der Waals surface area (Å²) in [7, 11) is 0. The summed E-state index contributed by atoms with van der Waals surface area (Å²) in [6.07, 6.45) is 4.35. The fourth-order valence-electron chi connectivity index (χ4n) is 1.89. The molecule has 0 spiro atoms. The maximum absolute atomic E-state index is 12.3. The summed E-state index contributed by atoms with van der Waals surface area (Å²) < 4.78 is 7.31. The molecule has 1 aliphatic carbocycles. The summed E-state index contributed by atoms with van der Waals surface area (Å²) in [5.41, 5.74) is -0.739. The molecule has 2 aromatic rings. The molecule has 98 valence electrons. The number of ether oxygens (including phenoxy) is 1. The molecule has 0 unspecified atom stereocenters. The maximum Gasteiger partial charge on any atom is 0.197 e. The van der Waals surface area contributed by atoms with Crippen molar-refractivity contribution < 1.29 is 9.53 Å². The fourth-order valence-corrected chi connectivity index (χ4v) is 2.07. The average Bonchev–Trinajstić information content (AvgIpc) is 3.01. The number of carbonyl (C=O) groups is 1. The highest BCUT2D eigenvalue weighted by atomic mass is 35.5. The van der Waals surface area contributed by atoms with Crippen LogP contribution in [0.2, 0.25) is 5.02 Å². The Morgan fingerprint density at radius 2 is 2.21 bits per heavy atom. The van der Waals surface area contributed by atoms with Crippen LogP contribution >= 0.6 is 11.6 Å². The molecule has 6 heteroatoms. The van der Waals surface area contributed by atoms with E-state index in [4.69, 9.17) is 16.3 Å². The molecule has 0 atom stereocenters. The van der Waals surface area contributed by atoms with Gasteiger partial charge in [-0.2, -0.15) is 5.10 Å². The zero-order valence-electron chi connectivity index (χ0n) is 10.1. The van der Waals surface area contributed by atoms with E-state index in [9.17, 15) is 4.79 Å². The quantitative estimate of drug-likeness (QED) is 0.840. The predicted molar refractivity (Wildman–Crippen MR) is 69.1 cm³/mol. The SMILES string of the molecule is O=C(Cn1cncn1)C1(Oc2ccccc2Cl)CC1.